The number of benzene rings is 1. The van der Waals surface area contributed by atoms with Gasteiger partial charge in [-0.25, -0.2) is 4.98 Å². The zero-order valence-electron chi connectivity index (χ0n) is 11.2. The van der Waals surface area contributed by atoms with Crippen LogP contribution in [0.3, 0.4) is 0 Å². The van der Waals surface area contributed by atoms with Crippen molar-refractivity contribution in [2.45, 2.75) is 20.8 Å². The number of aryl methyl sites for hydroxylation is 2. The minimum atomic E-state index is 0.361. The van der Waals surface area contributed by atoms with Crippen LogP contribution in [-0.2, 0) is 0 Å². The number of aromatic nitrogens is 2. The van der Waals surface area contributed by atoms with Gasteiger partial charge < -0.3 is 10.1 Å². The Morgan fingerprint density at radius 2 is 2.11 bits per heavy atom. The van der Waals surface area contributed by atoms with Crippen molar-refractivity contribution in [1.29, 1.82) is 0 Å². The van der Waals surface area contributed by atoms with Crippen molar-refractivity contribution in [2.24, 2.45) is 0 Å². The minimum Gasteiger partial charge on any atom is -0.437 e. The second-order valence-electron chi connectivity index (χ2n) is 4.25. The maximum Gasteiger partial charge on any atom is 0.243 e. The molecule has 0 atom stereocenters. The zero-order chi connectivity index (χ0) is 13.8. The van der Waals surface area contributed by atoms with Crippen LogP contribution in [0.15, 0.2) is 24.4 Å². The molecule has 0 unspecified atom stereocenters. The molecule has 4 nitrogen and oxygen atoms in total. The molecule has 2 rings (SSSR count). The van der Waals surface area contributed by atoms with Crippen molar-refractivity contribution >= 4 is 17.5 Å². The standard InChI is InChI=1S/C14H16ClN3O/c1-4-16-14-17-8-11(15)13(18-14)19-12-6-5-9(2)7-10(12)3/h5-8H,4H2,1-3H3,(H,16,17,18). The Bertz CT molecular complexity index is 587. The summed E-state index contributed by atoms with van der Waals surface area (Å²) in [4.78, 5) is 8.32. The van der Waals surface area contributed by atoms with E-state index in [0.29, 0.717) is 16.9 Å². The van der Waals surface area contributed by atoms with Gasteiger partial charge >= 0.3 is 0 Å². The van der Waals surface area contributed by atoms with Crippen molar-refractivity contribution in [3.05, 3.63) is 40.5 Å². The van der Waals surface area contributed by atoms with E-state index < -0.39 is 0 Å². The van der Waals surface area contributed by atoms with Gasteiger partial charge in [-0.1, -0.05) is 29.3 Å². The highest BCUT2D eigenvalue weighted by Crippen LogP contribution is 2.29. The average molecular weight is 278 g/mol. The zero-order valence-corrected chi connectivity index (χ0v) is 12.0. The summed E-state index contributed by atoms with van der Waals surface area (Å²) < 4.78 is 5.76. The summed E-state index contributed by atoms with van der Waals surface area (Å²) in [6.45, 7) is 6.74. The summed E-state index contributed by atoms with van der Waals surface area (Å²) in [6.07, 6.45) is 1.53. The lowest BCUT2D eigenvalue weighted by molar-refractivity contribution is 0.459. The Kier molecular flexibility index (Phi) is 4.22. The van der Waals surface area contributed by atoms with Crippen LogP contribution in [0.1, 0.15) is 18.1 Å². The molecule has 2 aromatic rings. The second kappa shape index (κ2) is 5.89. The first-order valence-electron chi connectivity index (χ1n) is 6.11. The Morgan fingerprint density at radius 1 is 1.32 bits per heavy atom. The molecular formula is C14H16ClN3O. The Balaban J connectivity index is 2.29. The maximum atomic E-state index is 6.05. The average Bonchev–Trinajstić information content (AvgIpc) is 2.37. The van der Waals surface area contributed by atoms with Gasteiger partial charge in [-0.3, -0.25) is 0 Å². The van der Waals surface area contributed by atoms with Crippen LogP contribution >= 0.6 is 11.6 Å². The molecule has 0 amide bonds. The molecule has 100 valence electrons. The highest BCUT2D eigenvalue weighted by molar-refractivity contribution is 6.31. The number of ether oxygens (including phenoxy) is 1. The van der Waals surface area contributed by atoms with Gasteiger partial charge in [0.15, 0.2) is 0 Å². The van der Waals surface area contributed by atoms with Crippen molar-refractivity contribution in [1.82, 2.24) is 9.97 Å². The topological polar surface area (TPSA) is 47.0 Å². The third-order valence-electron chi connectivity index (χ3n) is 2.58. The fourth-order valence-electron chi connectivity index (χ4n) is 1.68. The molecule has 0 spiro atoms. The number of hydrogen-bond acceptors (Lipinski definition) is 4. The number of rotatable bonds is 4. The molecule has 1 N–H and O–H groups in total. The number of nitrogens with zero attached hydrogens (tertiary/aromatic N) is 2. The lowest BCUT2D eigenvalue weighted by atomic mass is 10.1. The van der Waals surface area contributed by atoms with Crippen LogP contribution < -0.4 is 10.1 Å². The van der Waals surface area contributed by atoms with E-state index >= 15 is 0 Å². The van der Waals surface area contributed by atoms with Crippen LogP contribution in [0, 0.1) is 13.8 Å². The quantitative estimate of drug-likeness (QED) is 0.918. The first-order chi connectivity index (χ1) is 9.10. The Morgan fingerprint density at radius 3 is 2.79 bits per heavy atom. The van der Waals surface area contributed by atoms with Crippen molar-refractivity contribution in [3.63, 3.8) is 0 Å². The van der Waals surface area contributed by atoms with Gasteiger partial charge in [0.25, 0.3) is 0 Å². The predicted octanol–water partition coefficient (Wildman–Crippen LogP) is 3.97. The highest BCUT2D eigenvalue weighted by atomic mass is 35.5. The third kappa shape index (κ3) is 3.35. The van der Waals surface area contributed by atoms with Gasteiger partial charge in [0.1, 0.15) is 10.8 Å². The van der Waals surface area contributed by atoms with Crippen LogP contribution in [0.5, 0.6) is 11.6 Å². The van der Waals surface area contributed by atoms with Gasteiger partial charge in [-0.15, -0.1) is 0 Å². The van der Waals surface area contributed by atoms with Gasteiger partial charge in [0.05, 0.1) is 6.20 Å². The second-order valence-corrected chi connectivity index (χ2v) is 4.66. The minimum absolute atomic E-state index is 0.361. The molecule has 0 aliphatic carbocycles. The van der Waals surface area contributed by atoms with Crippen molar-refractivity contribution in [3.8, 4) is 11.6 Å². The molecule has 0 saturated carbocycles. The number of nitrogens with one attached hydrogen (secondary N) is 1. The summed E-state index contributed by atoms with van der Waals surface area (Å²) in [7, 11) is 0. The number of hydrogen-bond donors (Lipinski definition) is 1. The molecule has 0 bridgehead atoms. The molecular weight excluding hydrogens is 262 g/mol. The van der Waals surface area contributed by atoms with Gasteiger partial charge in [0, 0.05) is 6.54 Å². The first-order valence-corrected chi connectivity index (χ1v) is 6.49. The Hall–Kier alpha value is -1.81. The van der Waals surface area contributed by atoms with Crippen molar-refractivity contribution < 1.29 is 4.74 Å². The van der Waals surface area contributed by atoms with E-state index in [-0.39, 0.29) is 0 Å². The predicted molar refractivity (Wildman–Crippen MR) is 77.2 cm³/mol. The van der Waals surface area contributed by atoms with Crippen LogP contribution in [-0.4, -0.2) is 16.5 Å². The lowest BCUT2D eigenvalue weighted by Crippen LogP contribution is -2.03. The first kappa shape index (κ1) is 13.6. The Labute approximate surface area is 117 Å². The molecule has 5 heteroatoms. The van der Waals surface area contributed by atoms with Gasteiger partial charge in [0.2, 0.25) is 11.8 Å². The molecule has 0 radical (unpaired) electrons. The highest BCUT2D eigenvalue weighted by Gasteiger charge is 2.09. The molecule has 0 saturated heterocycles. The molecule has 0 fully saturated rings. The van der Waals surface area contributed by atoms with Crippen LogP contribution in [0.4, 0.5) is 5.95 Å². The SMILES string of the molecule is CCNc1ncc(Cl)c(Oc2ccc(C)cc2C)n1. The summed E-state index contributed by atoms with van der Waals surface area (Å²) in [6, 6.07) is 5.95. The third-order valence-corrected chi connectivity index (χ3v) is 2.84. The van der Waals surface area contributed by atoms with Gasteiger partial charge in [-0.05, 0) is 32.4 Å². The lowest BCUT2D eigenvalue weighted by Gasteiger charge is -2.10. The van der Waals surface area contributed by atoms with Crippen molar-refractivity contribution in [2.75, 3.05) is 11.9 Å². The van der Waals surface area contributed by atoms with E-state index in [0.717, 1.165) is 17.9 Å². The molecule has 1 heterocycles. The number of anilines is 1. The fraction of sp³-hybridized carbons (Fsp3) is 0.286. The van der Waals surface area contributed by atoms with E-state index in [9.17, 15) is 0 Å². The van der Waals surface area contributed by atoms with Crippen LogP contribution in [0.2, 0.25) is 5.02 Å². The molecule has 1 aromatic heterocycles. The summed E-state index contributed by atoms with van der Waals surface area (Å²) in [5.74, 6) is 1.61. The number of halogens is 1. The monoisotopic (exact) mass is 277 g/mol. The molecule has 19 heavy (non-hydrogen) atoms. The normalized spacial score (nSPS) is 10.3. The largest absolute Gasteiger partial charge is 0.437 e. The van der Waals surface area contributed by atoms with E-state index in [1.165, 1.54) is 11.8 Å². The molecule has 0 aliphatic heterocycles. The van der Waals surface area contributed by atoms with E-state index in [1.807, 2.05) is 32.9 Å². The summed E-state index contributed by atoms with van der Waals surface area (Å²) >= 11 is 6.05. The van der Waals surface area contributed by atoms with Gasteiger partial charge in [-0.2, -0.15) is 4.98 Å². The summed E-state index contributed by atoms with van der Waals surface area (Å²) in [5, 5.41) is 3.41. The van der Waals surface area contributed by atoms with Crippen LogP contribution in [0.25, 0.3) is 0 Å². The summed E-state index contributed by atoms with van der Waals surface area (Å²) in [5.41, 5.74) is 2.23. The maximum absolute atomic E-state index is 6.05. The smallest absolute Gasteiger partial charge is 0.243 e. The fourth-order valence-corrected chi connectivity index (χ4v) is 1.81. The molecule has 1 aromatic carbocycles. The van der Waals surface area contributed by atoms with E-state index in [4.69, 9.17) is 16.3 Å². The van der Waals surface area contributed by atoms with E-state index in [1.54, 1.807) is 0 Å². The molecule has 0 aliphatic rings. The van der Waals surface area contributed by atoms with E-state index in [2.05, 4.69) is 21.4 Å².